The standard InChI is InChI=1S/C18H16FNOS2/c1-11-14-8-15(23-16(14)12(2)22-11)17(21)20-9-18(19,10-20)13-6-4-3-5-7-13/h3-8H,9-10H2,1-2H3. The summed E-state index contributed by atoms with van der Waals surface area (Å²) in [6, 6.07) is 11.1. The van der Waals surface area contributed by atoms with Gasteiger partial charge in [0.1, 0.15) is 0 Å². The minimum absolute atomic E-state index is 0.0563. The number of likely N-dealkylation sites (tertiary alicyclic amines) is 1. The summed E-state index contributed by atoms with van der Waals surface area (Å²) in [5, 5.41) is 1.16. The Balaban J connectivity index is 1.55. The third kappa shape index (κ3) is 2.30. The smallest absolute Gasteiger partial charge is 0.264 e. The predicted molar refractivity (Wildman–Crippen MR) is 94.3 cm³/mol. The molecule has 4 rings (SSSR count). The number of carbonyl (C=O) groups excluding carboxylic acids is 1. The first-order valence-electron chi connectivity index (χ1n) is 7.51. The van der Waals surface area contributed by atoms with Crippen LogP contribution in [0.3, 0.4) is 0 Å². The number of thiophene rings is 2. The van der Waals surface area contributed by atoms with E-state index >= 15 is 0 Å². The highest BCUT2D eigenvalue weighted by Crippen LogP contribution is 2.40. The molecule has 1 aliphatic heterocycles. The quantitative estimate of drug-likeness (QED) is 0.647. The van der Waals surface area contributed by atoms with Gasteiger partial charge in [-0.2, -0.15) is 0 Å². The largest absolute Gasteiger partial charge is 0.331 e. The van der Waals surface area contributed by atoms with Crippen molar-refractivity contribution in [3.05, 3.63) is 56.6 Å². The van der Waals surface area contributed by atoms with Gasteiger partial charge in [-0.1, -0.05) is 30.3 Å². The van der Waals surface area contributed by atoms with E-state index in [2.05, 4.69) is 13.8 Å². The molecule has 0 atom stereocenters. The van der Waals surface area contributed by atoms with Gasteiger partial charge >= 0.3 is 0 Å². The van der Waals surface area contributed by atoms with Gasteiger partial charge in [0.05, 0.1) is 18.0 Å². The number of rotatable bonds is 2. The minimum Gasteiger partial charge on any atom is -0.331 e. The first-order valence-corrected chi connectivity index (χ1v) is 9.14. The van der Waals surface area contributed by atoms with Crippen molar-refractivity contribution in [3.8, 4) is 0 Å². The van der Waals surface area contributed by atoms with Crippen LogP contribution >= 0.6 is 22.7 Å². The van der Waals surface area contributed by atoms with E-state index in [-0.39, 0.29) is 19.0 Å². The number of nitrogens with zero attached hydrogens (tertiary/aromatic N) is 1. The second-order valence-electron chi connectivity index (χ2n) is 6.06. The first-order chi connectivity index (χ1) is 11.0. The number of halogens is 1. The molecule has 1 aromatic carbocycles. The van der Waals surface area contributed by atoms with Crippen LogP contribution < -0.4 is 0 Å². The third-order valence-corrected chi connectivity index (χ3v) is 6.82. The molecule has 2 aromatic heterocycles. The fraction of sp³-hybridized carbons (Fsp3) is 0.278. The van der Waals surface area contributed by atoms with Crippen LogP contribution in [0.2, 0.25) is 0 Å². The molecule has 0 N–H and O–H groups in total. The van der Waals surface area contributed by atoms with E-state index in [0.29, 0.717) is 10.4 Å². The van der Waals surface area contributed by atoms with Gasteiger partial charge in [0.25, 0.3) is 5.91 Å². The summed E-state index contributed by atoms with van der Waals surface area (Å²) in [4.78, 5) is 17.4. The molecule has 0 saturated carbocycles. The molecule has 2 nitrogen and oxygen atoms in total. The molecule has 0 aliphatic carbocycles. The van der Waals surface area contributed by atoms with Crippen molar-refractivity contribution in [3.63, 3.8) is 0 Å². The van der Waals surface area contributed by atoms with E-state index in [9.17, 15) is 9.18 Å². The molecule has 1 aliphatic rings. The molecule has 0 radical (unpaired) electrons. The highest BCUT2D eigenvalue weighted by molar-refractivity contribution is 7.25. The Morgan fingerprint density at radius 1 is 1.13 bits per heavy atom. The van der Waals surface area contributed by atoms with Crippen molar-refractivity contribution >= 4 is 38.7 Å². The average molecular weight is 345 g/mol. The van der Waals surface area contributed by atoms with E-state index in [0.717, 1.165) is 5.39 Å². The summed E-state index contributed by atoms with van der Waals surface area (Å²) < 4.78 is 16.0. The Labute approximate surface area is 142 Å². The summed E-state index contributed by atoms with van der Waals surface area (Å²) in [5.41, 5.74) is -0.751. The lowest BCUT2D eigenvalue weighted by atomic mass is 9.88. The Kier molecular flexibility index (Phi) is 3.32. The van der Waals surface area contributed by atoms with Crippen LogP contribution in [0.1, 0.15) is 25.0 Å². The SMILES string of the molecule is Cc1sc(C)c2sc(C(=O)N3CC(F)(c4ccccc4)C3)cc12. The molecular weight excluding hydrogens is 329 g/mol. The van der Waals surface area contributed by atoms with E-state index in [1.54, 1.807) is 28.4 Å². The number of amides is 1. The summed E-state index contributed by atoms with van der Waals surface area (Å²) in [5.74, 6) is -0.0563. The Morgan fingerprint density at radius 3 is 2.48 bits per heavy atom. The van der Waals surface area contributed by atoms with Gasteiger partial charge in [-0.05, 0) is 25.5 Å². The second-order valence-corrected chi connectivity index (χ2v) is 8.54. The number of aryl methyl sites for hydroxylation is 2. The van der Waals surface area contributed by atoms with Crippen molar-refractivity contribution in [1.82, 2.24) is 4.90 Å². The zero-order valence-corrected chi connectivity index (χ0v) is 14.6. The molecule has 1 fully saturated rings. The lowest BCUT2D eigenvalue weighted by Crippen LogP contribution is -2.58. The van der Waals surface area contributed by atoms with E-state index in [1.165, 1.54) is 25.8 Å². The van der Waals surface area contributed by atoms with Crippen LogP contribution in [0, 0.1) is 13.8 Å². The zero-order chi connectivity index (χ0) is 16.2. The maximum Gasteiger partial charge on any atom is 0.264 e. The highest BCUT2D eigenvalue weighted by atomic mass is 32.1. The number of fused-ring (bicyclic) bond motifs is 1. The van der Waals surface area contributed by atoms with Crippen LogP contribution in [0.25, 0.3) is 10.1 Å². The van der Waals surface area contributed by atoms with Gasteiger partial charge in [0, 0.05) is 19.8 Å². The Morgan fingerprint density at radius 2 is 1.83 bits per heavy atom. The highest BCUT2D eigenvalue weighted by Gasteiger charge is 2.47. The van der Waals surface area contributed by atoms with E-state index in [1.807, 2.05) is 24.3 Å². The van der Waals surface area contributed by atoms with Gasteiger partial charge in [-0.3, -0.25) is 4.79 Å². The van der Waals surface area contributed by atoms with Crippen molar-refractivity contribution in [1.29, 1.82) is 0 Å². The topological polar surface area (TPSA) is 20.3 Å². The van der Waals surface area contributed by atoms with Gasteiger partial charge < -0.3 is 4.90 Å². The van der Waals surface area contributed by atoms with E-state index < -0.39 is 5.67 Å². The number of alkyl halides is 1. The van der Waals surface area contributed by atoms with Crippen LogP contribution in [0.5, 0.6) is 0 Å². The number of carbonyl (C=O) groups is 1. The molecule has 5 heteroatoms. The van der Waals surface area contributed by atoms with Gasteiger partial charge in [-0.25, -0.2) is 4.39 Å². The van der Waals surface area contributed by atoms with Crippen molar-refractivity contribution in [2.45, 2.75) is 19.5 Å². The Hall–Kier alpha value is -1.72. The minimum atomic E-state index is -1.41. The molecular formula is C18H16FNOS2. The van der Waals surface area contributed by atoms with Gasteiger partial charge in [0.15, 0.2) is 5.67 Å². The monoisotopic (exact) mass is 345 g/mol. The number of benzene rings is 1. The van der Waals surface area contributed by atoms with Crippen LogP contribution in [-0.4, -0.2) is 23.9 Å². The fourth-order valence-electron chi connectivity index (χ4n) is 3.13. The molecule has 0 bridgehead atoms. The number of hydrogen-bond acceptors (Lipinski definition) is 3. The van der Waals surface area contributed by atoms with Gasteiger partial charge in [-0.15, -0.1) is 22.7 Å². The summed E-state index contributed by atoms with van der Waals surface area (Å²) in [7, 11) is 0. The second kappa shape index (κ2) is 5.14. The molecule has 23 heavy (non-hydrogen) atoms. The van der Waals surface area contributed by atoms with E-state index in [4.69, 9.17) is 0 Å². The molecule has 3 aromatic rings. The third-order valence-electron chi connectivity index (χ3n) is 4.41. The first kappa shape index (κ1) is 14.8. The molecule has 1 amide bonds. The zero-order valence-electron chi connectivity index (χ0n) is 12.9. The summed E-state index contributed by atoms with van der Waals surface area (Å²) in [6.45, 7) is 4.43. The lowest BCUT2D eigenvalue weighted by Gasteiger charge is -2.44. The van der Waals surface area contributed by atoms with Crippen molar-refractivity contribution < 1.29 is 9.18 Å². The summed E-state index contributed by atoms with van der Waals surface area (Å²) in [6.07, 6.45) is 0. The molecule has 3 heterocycles. The molecule has 118 valence electrons. The fourth-order valence-corrected chi connectivity index (χ4v) is 5.45. The number of hydrogen-bond donors (Lipinski definition) is 0. The average Bonchev–Trinajstić information content (AvgIpc) is 3.07. The summed E-state index contributed by atoms with van der Waals surface area (Å²) >= 11 is 3.28. The van der Waals surface area contributed by atoms with Gasteiger partial charge in [0.2, 0.25) is 0 Å². The Bertz CT molecular complexity index is 856. The van der Waals surface area contributed by atoms with Crippen LogP contribution in [-0.2, 0) is 5.67 Å². The maximum absolute atomic E-state index is 14.8. The predicted octanol–water partition coefficient (Wildman–Crippen LogP) is 4.90. The van der Waals surface area contributed by atoms with Crippen molar-refractivity contribution in [2.75, 3.05) is 13.1 Å². The lowest BCUT2D eigenvalue weighted by molar-refractivity contribution is -0.0228. The normalized spacial score (nSPS) is 16.6. The molecule has 1 saturated heterocycles. The van der Waals surface area contributed by atoms with Crippen molar-refractivity contribution in [2.24, 2.45) is 0 Å². The van der Waals surface area contributed by atoms with Crippen LogP contribution in [0.4, 0.5) is 4.39 Å². The molecule has 0 unspecified atom stereocenters. The van der Waals surface area contributed by atoms with Crippen LogP contribution in [0.15, 0.2) is 36.4 Å². The molecule has 0 spiro atoms. The maximum atomic E-state index is 14.8.